The predicted octanol–water partition coefficient (Wildman–Crippen LogP) is 4.86. The van der Waals surface area contributed by atoms with Crippen LogP contribution in [0.5, 0.6) is 0 Å². The highest BCUT2D eigenvalue weighted by atomic mass is 35.5. The minimum absolute atomic E-state index is 0.0904. The van der Waals surface area contributed by atoms with Gasteiger partial charge < -0.3 is 4.74 Å². The molecule has 1 nitrogen and oxygen atoms in total. The summed E-state index contributed by atoms with van der Waals surface area (Å²) >= 11 is 11.9. The summed E-state index contributed by atoms with van der Waals surface area (Å²) < 4.78 is 40.1. The van der Waals surface area contributed by atoms with Crippen LogP contribution in [-0.4, -0.2) is 31.2 Å². The predicted molar refractivity (Wildman–Crippen MR) is 69.4 cm³/mol. The summed E-state index contributed by atoms with van der Waals surface area (Å²) in [5, 5.41) is 0. The maximum Gasteiger partial charge on any atom is 0.411 e. The molecule has 0 aromatic heterocycles. The Kier molecular flexibility index (Phi) is 8.65. The summed E-state index contributed by atoms with van der Waals surface area (Å²) in [6.45, 7) is 3.06. The highest BCUT2D eigenvalue weighted by Gasteiger charge is 2.30. The van der Waals surface area contributed by atoms with Crippen molar-refractivity contribution in [2.45, 2.75) is 39.3 Å². The largest absolute Gasteiger partial charge is 0.411 e. The van der Waals surface area contributed by atoms with Crippen molar-refractivity contribution in [2.75, 3.05) is 25.0 Å². The lowest BCUT2D eigenvalue weighted by molar-refractivity contribution is -0.174. The summed E-state index contributed by atoms with van der Waals surface area (Å²) in [4.78, 5) is 0. The van der Waals surface area contributed by atoms with Crippen LogP contribution < -0.4 is 0 Å². The third kappa shape index (κ3) is 8.44. The van der Waals surface area contributed by atoms with Gasteiger partial charge in [-0.2, -0.15) is 13.2 Å². The molecule has 18 heavy (non-hydrogen) atoms. The first-order chi connectivity index (χ1) is 8.24. The molecule has 110 valence electrons. The quantitative estimate of drug-likeness (QED) is 0.437. The summed E-state index contributed by atoms with van der Waals surface area (Å²) in [6.07, 6.45) is -2.15. The average molecular weight is 309 g/mol. The van der Waals surface area contributed by atoms with Gasteiger partial charge in [0.05, 0.1) is 0 Å². The van der Waals surface area contributed by atoms with Crippen LogP contribution in [0.15, 0.2) is 0 Å². The lowest BCUT2D eigenvalue weighted by atomic mass is 9.80. The van der Waals surface area contributed by atoms with E-state index in [1.54, 1.807) is 0 Å². The van der Waals surface area contributed by atoms with Crippen molar-refractivity contribution in [3.63, 3.8) is 0 Å². The van der Waals surface area contributed by atoms with Crippen LogP contribution in [-0.2, 0) is 4.74 Å². The first-order valence-electron chi connectivity index (χ1n) is 6.01. The van der Waals surface area contributed by atoms with E-state index in [1.165, 1.54) is 0 Å². The zero-order chi connectivity index (χ0) is 14.2. The normalized spacial score (nSPS) is 13.3. The molecular weight excluding hydrogens is 288 g/mol. The third-order valence-electron chi connectivity index (χ3n) is 2.67. The second-order valence-electron chi connectivity index (χ2n) is 5.14. The average Bonchev–Trinajstić information content (AvgIpc) is 2.25. The fourth-order valence-corrected chi connectivity index (χ4v) is 2.75. The van der Waals surface area contributed by atoms with E-state index >= 15 is 0 Å². The first kappa shape index (κ1) is 18.3. The number of hydrogen-bond acceptors (Lipinski definition) is 1. The molecular formula is C12H21Cl2F3O. The second kappa shape index (κ2) is 8.49. The van der Waals surface area contributed by atoms with Crippen LogP contribution >= 0.6 is 23.2 Å². The summed E-state index contributed by atoms with van der Waals surface area (Å²) in [6, 6.07) is 0. The fraction of sp³-hybridized carbons (Fsp3) is 1.00. The van der Waals surface area contributed by atoms with Gasteiger partial charge in [0.2, 0.25) is 0 Å². The van der Waals surface area contributed by atoms with Gasteiger partial charge in [0.1, 0.15) is 6.61 Å². The van der Waals surface area contributed by atoms with Gasteiger partial charge in [-0.25, -0.2) is 0 Å². The molecule has 0 saturated heterocycles. The van der Waals surface area contributed by atoms with Gasteiger partial charge in [-0.1, -0.05) is 13.8 Å². The minimum atomic E-state index is -4.26. The molecule has 0 unspecified atom stereocenters. The zero-order valence-corrected chi connectivity index (χ0v) is 12.3. The van der Waals surface area contributed by atoms with Crippen LogP contribution in [0.4, 0.5) is 13.2 Å². The lowest BCUT2D eigenvalue weighted by Crippen LogP contribution is -2.28. The van der Waals surface area contributed by atoms with E-state index in [2.05, 4.69) is 18.6 Å². The SMILES string of the molecule is CC(C)CC(CCl)(CCl)CCCOCC(F)(F)F. The minimum Gasteiger partial charge on any atom is -0.372 e. The number of alkyl halides is 5. The van der Waals surface area contributed by atoms with Crippen molar-refractivity contribution in [2.24, 2.45) is 11.3 Å². The summed E-state index contributed by atoms with van der Waals surface area (Å²) in [7, 11) is 0. The Balaban J connectivity index is 3.98. The van der Waals surface area contributed by atoms with E-state index in [-0.39, 0.29) is 12.0 Å². The molecule has 0 amide bonds. The number of rotatable bonds is 9. The molecule has 0 radical (unpaired) electrons. The maximum absolute atomic E-state index is 11.9. The van der Waals surface area contributed by atoms with Gasteiger partial charge in [-0.15, -0.1) is 23.2 Å². The van der Waals surface area contributed by atoms with E-state index in [4.69, 9.17) is 23.2 Å². The molecule has 0 aliphatic carbocycles. The van der Waals surface area contributed by atoms with Gasteiger partial charge >= 0.3 is 6.18 Å². The van der Waals surface area contributed by atoms with Crippen LogP contribution in [0.2, 0.25) is 0 Å². The van der Waals surface area contributed by atoms with Crippen LogP contribution in [0, 0.1) is 11.3 Å². The van der Waals surface area contributed by atoms with Gasteiger partial charge in [0.25, 0.3) is 0 Å². The fourth-order valence-electron chi connectivity index (χ4n) is 1.98. The molecule has 0 aliphatic heterocycles. The van der Waals surface area contributed by atoms with Crippen LogP contribution in [0.25, 0.3) is 0 Å². The summed E-state index contributed by atoms with van der Waals surface area (Å²) in [5.74, 6) is 1.31. The Morgan fingerprint density at radius 1 is 1.11 bits per heavy atom. The van der Waals surface area contributed by atoms with Crippen molar-refractivity contribution in [3.05, 3.63) is 0 Å². The number of halogens is 5. The van der Waals surface area contributed by atoms with Crippen molar-refractivity contribution in [3.8, 4) is 0 Å². The van der Waals surface area contributed by atoms with E-state index in [1.807, 2.05) is 0 Å². The highest BCUT2D eigenvalue weighted by molar-refractivity contribution is 6.21. The molecule has 0 heterocycles. The monoisotopic (exact) mass is 308 g/mol. The molecule has 0 atom stereocenters. The van der Waals surface area contributed by atoms with Crippen molar-refractivity contribution < 1.29 is 17.9 Å². The highest BCUT2D eigenvalue weighted by Crippen LogP contribution is 2.34. The molecule has 0 aliphatic rings. The Bertz CT molecular complexity index is 216. The zero-order valence-electron chi connectivity index (χ0n) is 10.8. The smallest absolute Gasteiger partial charge is 0.372 e. The van der Waals surface area contributed by atoms with E-state index in [9.17, 15) is 13.2 Å². The molecule has 0 aromatic rings. The van der Waals surface area contributed by atoms with Crippen molar-refractivity contribution in [1.82, 2.24) is 0 Å². The van der Waals surface area contributed by atoms with E-state index in [0.717, 1.165) is 6.42 Å². The molecule has 0 fully saturated rings. The summed E-state index contributed by atoms with van der Waals surface area (Å²) in [5.41, 5.74) is -0.196. The topological polar surface area (TPSA) is 9.23 Å². The number of ether oxygens (including phenoxy) is 1. The van der Waals surface area contributed by atoms with Gasteiger partial charge in [-0.3, -0.25) is 0 Å². The molecule has 0 bridgehead atoms. The molecule has 0 aromatic carbocycles. The molecule has 0 N–H and O–H groups in total. The molecule has 6 heteroatoms. The van der Waals surface area contributed by atoms with E-state index < -0.39 is 12.8 Å². The second-order valence-corrected chi connectivity index (χ2v) is 5.67. The van der Waals surface area contributed by atoms with Gasteiger partial charge in [0.15, 0.2) is 0 Å². The first-order valence-corrected chi connectivity index (χ1v) is 7.08. The van der Waals surface area contributed by atoms with Gasteiger partial charge in [0, 0.05) is 18.4 Å². The van der Waals surface area contributed by atoms with E-state index in [0.29, 0.717) is 30.5 Å². The molecule has 0 spiro atoms. The lowest BCUT2D eigenvalue weighted by Gasteiger charge is -2.31. The third-order valence-corrected chi connectivity index (χ3v) is 3.80. The molecule has 0 rings (SSSR count). The van der Waals surface area contributed by atoms with Gasteiger partial charge in [-0.05, 0) is 30.6 Å². The van der Waals surface area contributed by atoms with Crippen LogP contribution in [0.3, 0.4) is 0 Å². The number of hydrogen-bond donors (Lipinski definition) is 0. The Morgan fingerprint density at radius 2 is 1.67 bits per heavy atom. The van der Waals surface area contributed by atoms with Crippen molar-refractivity contribution in [1.29, 1.82) is 0 Å². The maximum atomic E-state index is 11.9. The van der Waals surface area contributed by atoms with Crippen LogP contribution in [0.1, 0.15) is 33.1 Å². The van der Waals surface area contributed by atoms with Crippen molar-refractivity contribution >= 4 is 23.2 Å². The standard InChI is InChI=1S/C12H21Cl2F3O/c1-10(2)6-11(7-13,8-14)4-3-5-18-9-12(15,16)17/h10H,3-9H2,1-2H3. The Hall–Kier alpha value is 0.330. The Labute approximate surface area is 117 Å². The Morgan fingerprint density at radius 3 is 2.06 bits per heavy atom. The molecule has 0 saturated carbocycles.